The number of aromatic amines is 1. The van der Waals surface area contributed by atoms with Crippen molar-refractivity contribution in [1.29, 1.82) is 0 Å². The van der Waals surface area contributed by atoms with Crippen LogP contribution in [-0.4, -0.2) is 57.0 Å². The Morgan fingerprint density at radius 2 is 1.74 bits per heavy atom. The molecule has 3 heterocycles. The molecule has 0 saturated carbocycles. The molecule has 2 aliphatic heterocycles. The average molecular weight is 563 g/mol. The Morgan fingerprint density at radius 3 is 2.52 bits per heavy atom. The number of phenols is 1. The number of likely N-dealkylation sites (tertiary alicyclic amines) is 1. The van der Waals surface area contributed by atoms with Crippen LogP contribution in [-0.2, 0) is 6.54 Å². The Morgan fingerprint density at radius 1 is 0.976 bits per heavy atom. The van der Waals surface area contributed by atoms with Crippen molar-refractivity contribution in [3.63, 3.8) is 0 Å². The standard InChI is InChI=1S/C34H31FN4O3/c1-38-16-14-26(15-17-38)42-25-11-8-21(9-12-25)22-6-7-23-20-39(34(41)27(23)18-22)32(28-19-24(35)10-13-31(28)40)33-36-29-4-2-3-5-30(29)37-33/h2-13,18-19,26,32,40H,14-17,20H2,1H3,(H,36,37). The fourth-order valence-electron chi connectivity index (χ4n) is 6.04. The van der Waals surface area contributed by atoms with E-state index in [1.54, 1.807) is 4.90 Å². The molecule has 1 aromatic heterocycles. The maximum Gasteiger partial charge on any atom is 0.255 e. The van der Waals surface area contributed by atoms with Crippen molar-refractivity contribution in [1.82, 2.24) is 19.8 Å². The smallest absolute Gasteiger partial charge is 0.255 e. The van der Waals surface area contributed by atoms with Crippen LogP contribution in [0.15, 0.2) is 84.9 Å². The van der Waals surface area contributed by atoms with Crippen LogP contribution in [0.25, 0.3) is 22.2 Å². The largest absolute Gasteiger partial charge is 0.508 e. The van der Waals surface area contributed by atoms with Gasteiger partial charge in [0.1, 0.15) is 35.3 Å². The lowest BCUT2D eigenvalue weighted by molar-refractivity contribution is 0.0723. The van der Waals surface area contributed by atoms with Crippen LogP contribution in [0.2, 0.25) is 0 Å². The monoisotopic (exact) mass is 562 g/mol. The van der Waals surface area contributed by atoms with Crippen LogP contribution >= 0.6 is 0 Å². The van der Waals surface area contributed by atoms with Gasteiger partial charge in [0.2, 0.25) is 0 Å². The van der Waals surface area contributed by atoms with Gasteiger partial charge in [-0.05, 0) is 85.1 Å². The van der Waals surface area contributed by atoms with E-state index in [2.05, 4.69) is 16.9 Å². The van der Waals surface area contributed by atoms with E-state index in [0.717, 1.165) is 59.4 Å². The molecule has 7 nitrogen and oxygen atoms in total. The number of nitrogens with one attached hydrogen (secondary N) is 1. The number of aromatic hydroxyl groups is 1. The summed E-state index contributed by atoms with van der Waals surface area (Å²) in [5, 5.41) is 10.8. The van der Waals surface area contributed by atoms with Crippen LogP contribution in [0, 0.1) is 5.82 Å². The first-order valence-corrected chi connectivity index (χ1v) is 14.3. The number of fused-ring (bicyclic) bond motifs is 2. The lowest BCUT2D eigenvalue weighted by Gasteiger charge is -2.29. The van der Waals surface area contributed by atoms with E-state index in [9.17, 15) is 14.3 Å². The Balaban J connectivity index is 1.18. The summed E-state index contributed by atoms with van der Waals surface area (Å²) in [7, 11) is 2.13. The highest BCUT2D eigenvalue weighted by Crippen LogP contribution is 2.40. The van der Waals surface area contributed by atoms with Crippen LogP contribution in [0.4, 0.5) is 4.39 Å². The molecule has 42 heavy (non-hydrogen) atoms. The molecule has 1 saturated heterocycles. The number of ether oxygens (including phenoxy) is 1. The van der Waals surface area contributed by atoms with Crippen molar-refractivity contribution in [2.75, 3.05) is 20.1 Å². The number of rotatable bonds is 6. The Kier molecular flexibility index (Phi) is 6.63. The number of piperidine rings is 1. The van der Waals surface area contributed by atoms with Gasteiger partial charge in [-0.1, -0.05) is 36.4 Å². The number of halogens is 1. The number of benzene rings is 4. The van der Waals surface area contributed by atoms with Crippen molar-refractivity contribution >= 4 is 16.9 Å². The van der Waals surface area contributed by atoms with E-state index in [1.165, 1.54) is 18.2 Å². The van der Waals surface area contributed by atoms with Crippen molar-refractivity contribution in [2.45, 2.75) is 31.5 Å². The first kappa shape index (κ1) is 26.2. The Labute approximate surface area is 243 Å². The van der Waals surface area contributed by atoms with Crippen molar-refractivity contribution in [2.24, 2.45) is 0 Å². The maximum absolute atomic E-state index is 14.4. The molecule has 5 aromatic rings. The average Bonchev–Trinajstić information content (AvgIpc) is 3.57. The molecule has 0 aliphatic carbocycles. The highest BCUT2D eigenvalue weighted by Gasteiger charge is 2.37. The van der Waals surface area contributed by atoms with E-state index in [-0.39, 0.29) is 23.3 Å². The molecule has 0 radical (unpaired) electrons. The summed E-state index contributed by atoms with van der Waals surface area (Å²) in [5.74, 6) is 0.495. The zero-order valence-electron chi connectivity index (χ0n) is 23.3. The van der Waals surface area contributed by atoms with Gasteiger partial charge in [-0.2, -0.15) is 0 Å². The lowest BCUT2D eigenvalue weighted by atomic mass is 10.0. The number of H-pyrrole nitrogens is 1. The van der Waals surface area contributed by atoms with Gasteiger partial charge in [-0.25, -0.2) is 9.37 Å². The summed E-state index contributed by atoms with van der Waals surface area (Å²) < 4.78 is 20.6. The molecule has 212 valence electrons. The maximum atomic E-state index is 14.4. The molecule has 7 rings (SSSR count). The van der Waals surface area contributed by atoms with Crippen molar-refractivity contribution < 1.29 is 19.0 Å². The third-order valence-corrected chi connectivity index (χ3v) is 8.36. The summed E-state index contributed by atoms with van der Waals surface area (Å²) in [6.45, 7) is 2.38. The van der Waals surface area contributed by atoms with Crippen LogP contribution in [0.3, 0.4) is 0 Å². The Hall–Kier alpha value is -4.69. The molecule has 1 unspecified atom stereocenters. The zero-order valence-corrected chi connectivity index (χ0v) is 23.3. The Bertz CT molecular complexity index is 1740. The minimum atomic E-state index is -0.813. The molecule has 2 N–H and O–H groups in total. The first-order valence-electron chi connectivity index (χ1n) is 14.3. The number of nitrogens with zero attached hydrogens (tertiary/aromatic N) is 3. The summed E-state index contributed by atoms with van der Waals surface area (Å²) in [6, 6.07) is 24.4. The number of hydrogen-bond acceptors (Lipinski definition) is 5. The molecular formula is C34H31FN4O3. The SMILES string of the molecule is CN1CCC(Oc2ccc(-c3ccc4c(c3)C(=O)N(C(c3nc5ccccc5[nH]3)c3cc(F)ccc3O)C4)cc2)CC1. The second-order valence-electron chi connectivity index (χ2n) is 11.2. The molecule has 1 atom stereocenters. The summed E-state index contributed by atoms with van der Waals surface area (Å²) in [6.07, 6.45) is 2.27. The van der Waals surface area contributed by atoms with Crippen LogP contribution in [0.5, 0.6) is 11.5 Å². The van der Waals surface area contributed by atoms with Gasteiger partial charge >= 0.3 is 0 Å². The highest BCUT2D eigenvalue weighted by molar-refractivity contribution is 6.00. The van der Waals surface area contributed by atoms with E-state index in [1.807, 2.05) is 66.7 Å². The van der Waals surface area contributed by atoms with Gasteiger partial charge in [0, 0.05) is 30.8 Å². The van der Waals surface area contributed by atoms with E-state index >= 15 is 0 Å². The second kappa shape index (κ2) is 10.6. The number of carbonyl (C=O) groups excluding carboxylic acids is 1. The molecule has 2 aliphatic rings. The molecule has 1 amide bonds. The predicted octanol–water partition coefficient (Wildman–Crippen LogP) is 6.29. The number of para-hydroxylation sites is 2. The number of carbonyl (C=O) groups is 1. The molecule has 0 spiro atoms. The second-order valence-corrected chi connectivity index (χ2v) is 11.2. The summed E-state index contributed by atoms with van der Waals surface area (Å²) in [4.78, 5) is 25.9. The van der Waals surface area contributed by atoms with E-state index in [0.29, 0.717) is 17.9 Å². The van der Waals surface area contributed by atoms with Gasteiger partial charge in [-0.15, -0.1) is 0 Å². The third-order valence-electron chi connectivity index (χ3n) is 8.36. The molecule has 1 fully saturated rings. The van der Waals surface area contributed by atoms with Gasteiger partial charge in [0.15, 0.2) is 0 Å². The van der Waals surface area contributed by atoms with Crippen molar-refractivity contribution in [3.05, 3.63) is 113 Å². The number of amides is 1. The van der Waals surface area contributed by atoms with E-state index in [4.69, 9.17) is 9.72 Å². The fourth-order valence-corrected chi connectivity index (χ4v) is 6.04. The number of aromatic nitrogens is 2. The molecule has 8 heteroatoms. The number of hydrogen-bond donors (Lipinski definition) is 2. The zero-order chi connectivity index (χ0) is 28.8. The minimum absolute atomic E-state index is 0.103. The topological polar surface area (TPSA) is 81.7 Å². The fraction of sp³-hybridized carbons (Fsp3) is 0.235. The van der Waals surface area contributed by atoms with Crippen LogP contribution < -0.4 is 4.74 Å². The minimum Gasteiger partial charge on any atom is -0.508 e. The molecule has 0 bridgehead atoms. The quantitative estimate of drug-likeness (QED) is 0.254. The number of imidazole rings is 1. The summed E-state index contributed by atoms with van der Waals surface area (Å²) >= 11 is 0. The lowest BCUT2D eigenvalue weighted by Crippen LogP contribution is -2.35. The third kappa shape index (κ3) is 4.88. The van der Waals surface area contributed by atoms with Gasteiger partial charge in [-0.3, -0.25) is 4.79 Å². The highest BCUT2D eigenvalue weighted by atomic mass is 19.1. The molecule has 4 aromatic carbocycles. The predicted molar refractivity (Wildman–Crippen MR) is 159 cm³/mol. The van der Waals surface area contributed by atoms with Gasteiger partial charge < -0.3 is 24.6 Å². The summed E-state index contributed by atoms with van der Waals surface area (Å²) in [5.41, 5.74) is 5.14. The number of phenolic OH excluding ortho intramolecular Hbond substituents is 1. The normalized spacial score (nSPS) is 16.6. The molecular weight excluding hydrogens is 531 g/mol. The van der Waals surface area contributed by atoms with Crippen LogP contribution in [0.1, 0.15) is 46.2 Å². The van der Waals surface area contributed by atoms with Gasteiger partial charge in [0.25, 0.3) is 5.91 Å². The van der Waals surface area contributed by atoms with Crippen molar-refractivity contribution in [3.8, 4) is 22.6 Å². The van der Waals surface area contributed by atoms with Gasteiger partial charge in [0.05, 0.1) is 11.0 Å². The first-order chi connectivity index (χ1) is 20.4. The van der Waals surface area contributed by atoms with E-state index < -0.39 is 11.9 Å².